The van der Waals surface area contributed by atoms with Crippen molar-refractivity contribution >= 4 is 17.4 Å². The Kier molecular flexibility index (Phi) is 5.62. The van der Waals surface area contributed by atoms with Crippen molar-refractivity contribution in [3.05, 3.63) is 24.3 Å². The predicted octanol–water partition coefficient (Wildman–Crippen LogP) is 3.63. The van der Waals surface area contributed by atoms with Crippen molar-refractivity contribution in [2.24, 2.45) is 0 Å². The lowest BCUT2D eigenvalue weighted by Crippen LogP contribution is -2.13. The maximum Gasteiger partial charge on any atom is 0.150 e. The SMILES string of the molecule is O=C1CCC=CCCC=CCCC1Cl. The van der Waals surface area contributed by atoms with E-state index < -0.39 is 0 Å². The first-order valence-electron chi connectivity index (χ1n) is 5.27. The fraction of sp³-hybridized carbons (Fsp3) is 0.583. The van der Waals surface area contributed by atoms with E-state index in [1.54, 1.807) is 0 Å². The number of hydrogen-bond donors (Lipinski definition) is 0. The minimum Gasteiger partial charge on any atom is -0.298 e. The summed E-state index contributed by atoms with van der Waals surface area (Å²) in [5.74, 6) is 0.185. The summed E-state index contributed by atoms with van der Waals surface area (Å²) in [4.78, 5) is 11.4. The van der Waals surface area contributed by atoms with Crippen molar-refractivity contribution < 1.29 is 4.79 Å². The zero-order chi connectivity index (χ0) is 10.2. The molecule has 0 saturated carbocycles. The maximum atomic E-state index is 11.4. The molecule has 0 radical (unpaired) electrons. The molecule has 0 fully saturated rings. The lowest BCUT2D eigenvalue weighted by atomic mass is 10.1. The molecule has 0 aromatic heterocycles. The van der Waals surface area contributed by atoms with E-state index in [9.17, 15) is 4.79 Å². The van der Waals surface area contributed by atoms with E-state index >= 15 is 0 Å². The Morgan fingerprint density at radius 2 is 1.57 bits per heavy atom. The van der Waals surface area contributed by atoms with Crippen molar-refractivity contribution in [1.29, 1.82) is 0 Å². The van der Waals surface area contributed by atoms with Gasteiger partial charge in [-0.25, -0.2) is 0 Å². The van der Waals surface area contributed by atoms with Gasteiger partial charge in [-0.1, -0.05) is 24.3 Å². The highest BCUT2D eigenvalue weighted by Gasteiger charge is 2.12. The highest BCUT2D eigenvalue weighted by Crippen LogP contribution is 2.12. The lowest BCUT2D eigenvalue weighted by molar-refractivity contribution is -0.118. The van der Waals surface area contributed by atoms with Crippen LogP contribution in [0.5, 0.6) is 0 Å². The quantitative estimate of drug-likeness (QED) is 0.443. The van der Waals surface area contributed by atoms with E-state index in [0.29, 0.717) is 6.42 Å². The first-order chi connectivity index (χ1) is 6.80. The number of rotatable bonds is 0. The molecule has 1 atom stereocenters. The second-order valence-electron chi connectivity index (χ2n) is 3.57. The second kappa shape index (κ2) is 6.83. The molecule has 0 aliphatic heterocycles. The Labute approximate surface area is 90.8 Å². The number of Topliss-reactive ketones (excluding diaryl/α,β-unsaturated/α-hetero) is 1. The molecule has 1 aliphatic rings. The highest BCUT2D eigenvalue weighted by molar-refractivity contribution is 6.31. The van der Waals surface area contributed by atoms with Gasteiger partial charge in [0, 0.05) is 6.42 Å². The molecule has 14 heavy (non-hydrogen) atoms. The summed E-state index contributed by atoms with van der Waals surface area (Å²) in [6, 6.07) is 0. The predicted molar refractivity (Wildman–Crippen MR) is 60.6 cm³/mol. The number of alkyl halides is 1. The number of ketones is 1. The number of allylic oxidation sites excluding steroid dienone is 4. The van der Waals surface area contributed by atoms with Gasteiger partial charge in [-0.3, -0.25) is 4.79 Å². The Bertz CT molecular complexity index is 230. The minimum atomic E-state index is -0.285. The maximum absolute atomic E-state index is 11.4. The molecule has 0 aromatic carbocycles. The van der Waals surface area contributed by atoms with E-state index in [1.165, 1.54) is 0 Å². The Morgan fingerprint density at radius 1 is 1.00 bits per heavy atom. The molecule has 0 bridgehead atoms. The first-order valence-corrected chi connectivity index (χ1v) is 5.71. The average Bonchev–Trinajstić information content (AvgIpc) is 2.18. The van der Waals surface area contributed by atoms with Gasteiger partial charge in [0.1, 0.15) is 0 Å². The first kappa shape index (κ1) is 11.5. The molecular formula is C12H17ClO. The van der Waals surface area contributed by atoms with Crippen LogP contribution in [-0.4, -0.2) is 11.2 Å². The van der Waals surface area contributed by atoms with Crippen molar-refractivity contribution in [2.45, 2.75) is 43.9 Å². The van der Waals surface area contributed by atoms with E-state index in [1.807, 2.05) is 0 Å². The van der Waals surface area contributed by atoms with Crippen LogP contribution in [0.15, 0.2) is 24.3 Å². The van der Waals surface area contributed by atoms with Crippen LogP contribution >= 0.6 is 11.6 Å². The van der Waals surface area contributed by atoms with Gasteiger partial charge in [-0.2, -0.15) is 0 Å². The molecule has 0 saturated heterocycles. The van der Waals surface area contributed by atoms with E-state index in [2.05, 4.69) is 24.3 Å². The number of halogens is 1. The van der Waals surface area contributed by atoms with Crippen LogP contribution in [0, 0.1) is 0 Å². The number of hydrogen-bond acceptors (Lipinski definition) is 1. The third-order valence-electron chi connectivity index (χ3n) is 2.33. The van der Waals surface area contributed by atoms with Gasteiger partial charge in [-0.05, 0) is 32.1 Å². The summed E-state index contributed by atoms with van der Waals surface area (Å²) in [5.41, 5.74) is 0. The molecule has 1 nitrogen and oxygen atoms in total. The van der Waals surface area contributed by atoms with Crippen LogP contribution in [0.3, 0.4) is 0 Å². The van der Waals surface area contributed by atoms with Crippen molar-refractivity contribution in [1.82, 2.24) is 0 Å². The molecular weight excluding hydrogens is 196 g/mol. The standard InChI is InChI=1S/C12H17ClO/c13-11-9-7-5-3-1-2-4-6-8-10-12(11)14/h3-6,11H,1-2,7-10H2. The van der Waals surface area contributed by atoms with E-state index in [-0.39, 0.29) is 11.2 Å². The average molecular weight is 213 g/mol. The molecule has 1 aliphatic carbocycles. The summed E-state index contributed by atoms with van der Waals surface area (Å²) in [6.07, 6.45) is 13.8. The molecule has 1 rings (SSSR count). The Balaban J connectivity index is 2.45. The molecule has 0 heterocycles. The lowest BCUT2D eigenvalue weighted by Gasteiger charge is -2.06. The number of carbonyl (C=O) groups excluding carboxylic acids is 1. The van der Waals surface area contributed by atoms with E-state index in [4.69, 9.17) is 11.6 Å². The topological polar surface area (TPSA) is 17.1 Å². The van der Waals surface area contributed by atoms with Crippen molar-refractivity contribution in [3.63, 3.8) is 0 Å². The molecule has 0 N–H and O–H groups in total. The second-order valence-corrected chi connectivity index (χ2v) is 4.10. The minimum absolute atomic E-state index is 0.185. The summed E-state index contributed by atoms with van der Waals surface area (Å²) in [5, 5.41) is -0.285. The summed E-state index contributed by atoms with van der Waals surface area (Å²) >= 11 is 5.96. The van der Waals surface area contributed by atoms with Gasteiger partial charge < -0.3 is 0 Å². The van der Waals surface area contributed by atoms with Crippen LogP contribution in [0.4, 0.5) is 0 Å². The zero-order valence-electron chi connectivity index (χ0n) is 8.42. The molecule has 2 heteroatoms. The number of carbonyl (C=O) groups is 1. The smallest absolute Gasteiger partial charge is 0.150 e. The van der Waals surface area contributed by atoms with E-state index in [0.717, 1.165) is 32.1 Å². The molecule has 78 valence electrons. The molecule has 0 aromatic rings. The fourth-order valence-corrected chi connectivity index (χ4v) is 1.68. The van der Waals surface area contributed by atoms with Gasteiger partial charge in [0.25, 0.3) is 0 Å². The van der Waals surface area contributed by atoms with Gasteiger partial charge in [0.05, 0.1) is 5.38 Å². The van der Waals surface area contributed by atoms with Crippen molar-refractivity contribution in [2.75, 3.05) is 0 Å². The molecule has 0 amide bonds. The van der Waals surface area contributed by atoms with Crippen LogP contribution in [0.25, 0.3) is 0 Å². The summed E-state index contributed by atoms with van der Waals surface area (Å²) in [6.45, 7) is 0. The van der Waals surface area contributed by atoms with Gasteiger partial charge in [-0.15, -0.1) is 11.6 Å². The van der Waals surface area contributed by atoms with Crippen LogP contribution in [0.1, 0.15) is 38.5 Å². The Hall–Kier alpha value is -0.560. The molecule has 0 spiro atoms. The van der Waals surface area contributed by atoms with Gasteiger partial charge in [0.15, 0.2) is 5.78 Å². The third-order valence-corrected chi connectivity index (χ3v) is 2.79. The molecule has 1 unspecified atom stereocenters. The normalized spacial score (nSPS) is 25.5. The highest BCUT2D eigenvalue weighted by atomic mass is 35.5. The van der Waals surface area contributed by atoms with Gasteiger partial charge in [0.2, 0.25) is 0 Å². The zero-order valence-corrected chi connectivity index (χ0v) is 9.17. The summed E-state index contributed by atoms with van der Waals surface area (Å²) < 4.78 is 0. The Morgan fingerprint density at radius 3 is 2.29 bits per heavy atom. The monoisotopic (exact) mass is 212 g/mol. The van der Waals surface area contributed by atoms with Crippen LogP contribution < -0.4 is 0 Å². The largest absolute Gasteiger partial charge is 0.298 e. The van der Waals surface area contributed by atoms with Crippen LogP contribution in [-0.2, 0) is 4.79 Å². The third kappa shape index (κ3) is 4.61. The summed E-state index contributed by atoms with van der Waals surface area (Å²) in [7, 11) is 0. The fourth-order valence-electron chi connectivity index (χ4n) is 1.45. The van der Waals surface area contributed by atoms with Crippen LogP contribution in [0.2, 0.25) is 0 Å². The van der Waals surface area contributed by atoms with Gasteiger partial charge >= 0.3 is 0 Å². The van der Waals surface area contributed by atoms with Crippen molar-refractivity contribution in [3.8, 4) is 0 Å².